The predicted octanol–water partition coefficient (Wildman–Crippen LogP) is 1.30. The summed E-state index contributed by atoms with van der Waals surface area (Å²) in [7, 11) is 0. The number of hydrogen-bond donors (Lipinski definition) is 1. The summed E-state index contributed by atoms with van der Waals surface area (Å²) in [4.78, 5) is 10.4. The fourth-order valence-electron chi connectivity index (χ4n) is 0.968. The van der Waals surface area contributed by atoms with Crippen LogP contribution in [0.1, 0.15) is 21.5 Å². The average molecular weight is 150 g/mol. The van der Waals surface area contributed by atoms with E-state index in [4.69, 9.17) is 5.11 Å². The molecule has 0 aliphatic heterocycles. The van der Waals surface area contributed by atoms with Crippen molar-refractivity contribution in [2.45, 2.75) is 13.5 Å². The molecule has 58 valence electrons. The third kappa shape index (κ3) is 1.65. The Morgan fingerprint density at radius 3 is 2.82 bits per heavy atom. The number of aldehydes is 1. The molecule has 0 heterocycles. The van der Waals surface area contributed by atoms with E-state index < -0.39 is 0 Å². The minimum absolute atomic E-state index is 0.0750. The lowest BCUT2D eigenvalue weighted by Gasteiger charge is -2.00. The van der Waals surface area contributed by atoms with Crippen molar-refractivity contribution in [2.75, 3.05) is 0 Å². The summed E-state index contributed by atoms with van der Waals surface area (Å²) in [6.45, 7) is 1.84. The highest BCUT2D eigenvalue weighted by Crippen LogP contribution is 2.08. The molecule has 0 aliphatic carbocycles. The van der Waals surface area contributed by atoms with Crippen LogP contribution in [-0.2, 0) is 6.61 Å². The normalized spacial score (nSPS) is 9.64. The minimum Gasteiger partial charge on any atom is -0.392 e. The van der Waals surface area contributed by atoms with Crippen molar-refractivity contribution in [3.63, 3.8) is 0 Å². The number of hydrogen-bond acceptors (Lipinski definition) is 2. The van der Waals surface area contributed by atoms with Gasteiger partial charge in [-0.25, -0.2) is 0 Å². The molecule has 0 bridgehead atoms. The van der Waals surface area contributed by atoms with E-state index in [2.05, 4.69) is 0 Å². The van der Waals surface area contributed by atoms with Crippen LogP contribution in [0, 0.1) is 6.92 Å². The second-order valence-electron chi connectivity index (χ2n) is 2.48. The number of benzene rings is 1. The number of carbonyl (C=O) groups is 1. The molecular formula is C9H10O2. The van der Waals surface area contributed by atoms with Crippen molar-refractivity contribution in [1.82, 2.24) is 0 Å². The summed E-state index contributed by atoms with van der Waals surface area (Å²) < 4.78 is 0. The molecule has 0 unspecified atom stereocenters. The van der Waals surface area contributed by atoms with Crippen LogP contribution in [0.2, 0.25) is 0 Å². The van der Waals surface area contributed by atoms with Gasteiger partial charge in [-0.1, -0.05) is 17.7 Å². The summed E-state index contributed by atoms with van der Waals surface area (Å²) in [6.07, 6.45) is 0.762. The predicted molar refractivity (Wildman–Crippen MR) is 42.5 cm³/mol. The van der Waals surface area contributed by atoms with Crippen LogP contribution in [0.25, 0.3) is 0 Å². The third-order valence-corrected chi connectivity index (χ3v) is 1.60. The first-order valence-corrected chi connectivity index (χ1v) is 3.43. The van der Waals surface area contributed by atoms with E-state index in [0.29, 0.717) is 11.1 Å². The number of aliphatic hydroxyl groups excluding tert-OH is 1. The molecule has 0 radical (unpaired) electrons. The molecule has 1 aromatic rings. The lowest BCUT2D eigenvalue weighted by atomic mass is 10.1. The Labute approximate surface area is 65.5 Å². The second-order valence-corrected chi connectivity index (χ2v) is 2.48. The first kappa shape index (κ1) is 7.95. The molecule has 11 heavy (non-hydrogen) atoms. The zero-order valence-electron chi connectivity index (χ0n) is 6.37. The largest absolute Gasteiger partial charge is 0.392 e. The van der Waals surface area contributed by atoms with E-state index in [1.807, 2.05) is 13.0 Å². The number of aryl methyl sites for hydroxylation is 1. The van der Waals surface area contributed by atoms with Crippen LogP contribution in [0.5, 0.6) is 0 Å². The zero-order valence-corrected chi connectivity index (χ0v) is 6.37. The standard InChI is InChI=1S/C9H10O2/c1-7-2-3-8(5-10)9(4-7)6-11/h2-4,6,10H,5H2,1H3. The molecule has 0 atom stereocenters. The highest BCUT2D eigenvalue weighted by molar-refractivity contribution is 5.77. The van der Waals surface area contributed by atoms with Crippen molar-refractivity contribution in [1.29, 1.82) is 0 Å². The van der Waals surface area contributed by atoms with Crippen LogP contribution in [0.3, 0.4) is 0 Å². The second kappa shape index (κ2) is 3.30. The molecule has 0 saturated carbocycles. The Bertz CT molecular complexity index is 266. The maximum atomic E-state index is 10.4. The van der Waals surface area contributed by atoms with E-state index >= 15 is 0 Å². The van der Waals surface area contributed by atoms with Gasteiger partial charge in [0.05, 0.1) is 6.61 Å². The molecule has 0 fully saturated rings. The Hall–Kier alpha value is -1.15. The molecule has 0 aliphatic rings. The highest BCUT2D eigenvalue weighted by atomic mass is 16.3. The minimum atomic E-state index is -0.0750. The Morgan fingerprint density at radius 2 is 2.27 bits per heavy atom. The molecule has 1 N–H and O–H groups in total. The van der Waals surface area contributed by atoms with Gasteiger partial charge in [0, 0.05) is 5.56 Å². The van der Waals surface area contributed by atoms with Gasteiger partial charge >= 0.3 is 0 Å². The van der Waals surface area contributed by atoms with Gasteiger partial charge in [-0.2, -0.15) is 0 Å². The molecule has 1 rings (SSSR count). The lowest BCUT2D eigenvalue weighted by molar-refractivity contribution is 0.112. The van der Waals surface area contributed by atoms with Crippen molar-refractivity contribution >= 4 is 6.29 Å². The smallest absolute Gasteiger partial charge is 0.150 e. The highest BCUT2D eigenvalue weighted by Gasteiger charge is 1.98. The third-order valence-electron chi connectivity index (χ3n) is 1.60. The summed E-state index contributed by atoms with van der Waals surface area (Å²) >= 11 is 0. The quantitative estimate of drug-likeness (QED) is 0.645. The molecule has 2 nitrogen and oxygen atoms in total. The molecular weight excluding hydrogens is 140 g/mol. The van der Waals surface area contributed by atoms with Crippen LogP contribution in [-0.4, -0.2) is 11.4 Å². The van der Waals surface area contributed by atoms with Crippen molar-refractivity contribution in [2.24, 2.45) is 0 Å². The monoisotopic (exact) mass is 150 g/mol. The number of rotatable bonds is 2. The molecule has 0 aromatic heterocycles. The Kier molecular flexibility index (Phi) is 2.39. The van der Waals surface area contributed by atoms with Crippen LogP contribution < -0.4 is 0 Å². The van der Waals surface area contributed by atoms with E-state index in [-0.39, 0.29) is 6.61 Å². The number of aliphatic hydroxyl groups is 1. The van der Waals surface area contributed by atoms with Gasteiger partial charge in [-0.3, -0.25) is 4.79 Å². The summed E-state index contributed by atoms with van der Waals surface area (Å²) in [5.74, 6) is 0. The van der Waals surface area contributed by atoms with E-state index in [9.17, 15) is 4.79 Å². The van der Waals surface area contributed by atoms with Crippen molar-refractivity contribution in [3.05, 3.63) is 34.9 Å². The zero-order chi connectivity index (χ0) is 8.27. The molecule has 1 aromatic carbocycles. The first-order valence-electron chi connectivity index (χ1n) is 3.43. The Balaban J connectivity index is 3.16. The van der Waals surface area contributed by atoms with Gasteiger partial charge in [0.1, 0.15) is 6.29 Å². The molecule has 0 saturated heterocycles. The maximum Gasteiger partial charge on any atom is 0.150 e. The van der Waals surface area contributed by atoms with Crippen molar-refractivity contribution in [3.8, 4) is 0 Å². The molecule has 2 heteroatoms. The fourth-order valence-corrected chi connectivity index (χ4v) is 0.968. The SMILES string of the molecule is Cc1ccc(CO)c(C=O)c1. The number of carbonyl (C=O) groups excluding carboxylic acids is 1. The van der Waals surface area contributed by atoms with Gasteiger partial charge in [-0.05, 0) is 18.6 Å². The van der Waals surface area contributed by atoms with Gasteiger partial charge < -0.3 is 5.11 Å². The van der Waals surface area contributed by atoms with Crippen LogP contribution in [0.15, 0.2) is 18.2 Å². The van der Waals surface area contributed by atoms with E-state index in [1.54, 1.807) is 12.1 Å². The molecule has 0 spiro atoms. The van der Waals surface area contributed by atoms with E-state index in [1.165, 1.54) is 0 Å². The van der Waals surface area contributed by atoms with Gasteiger partial charge in [0.15, 0.2) is 0 Å². The summed E-state index contributed by atoms with van der Waals surface area (Å²) in [5.41, 5.74) is 2.29. The maximum absolute atomic E-state index is 10.4. The van der Waals surface area contributed by atoms with Gasteiger partial charge in [0.2, 0.25) is 0 Å². The van der Waals surface area contributed by atoms with E-state index in [0.717, 1.165) is 11.8 Å². The Morgan fingerprint density at radius 1 is 1.55 bits per heavy atom. The topological polar surface area (TPSA) is 37.3 Å². The molecule has 0 amide bonds. The van der Waals surface area contributed by atoms with Gasteiger partial charge in [0.25, 0.3) is 0 Å². The first-order chi connectivity index (χ1) is 5.27. The summed E-state index contributed by atoms with van der Waals surface area (Å²) in [6, 6.07) is 5.40. The van der Waals surface area contributed by atoms with Crippen LogP contribution >= 0.6 is 0 Å². The summed E-state index contributed by atoms with van der Waals surface area (Å²) in [5, 5.41) is 8.78. The van der Waals surface area contributed by atoms with Crippen LogP contribution in [0.4, 0.5) is 0 Å². The lowest BCUT2D eigenvalue weighted by Crippen LogP contribution is -1.92. The van der Waals surface area contributed by atoms with Gasteiger partial charge in [-0.15, -0.1) is 0 Å². The fraction of sp³-hybridized carbons (Fsp3) is 0.222. The average Bonchev–Trinajstić information content (AvgIpc) is 2.04. The van der Waals surface area contributed by atoms with Crippen molar-refractivity contribution < 1.29 is 9.90 Å².